The SMILES string of the molecule is O=c1cc(CNc2ccc(F)c([N+](=O)[O-])c2)c2c(ccc3ccccc32)o1. The second-order valence-electron chi connectivity index (χ2n) is 6.03. The van der Waals surface area contributed by atoms with Crippen LogP contribution < -0.4 is 10.9 Å². The Hall–Kier alpha value is -3.74. The third-order valence-corrected chi connectivity index (χ3v) is 4.34. The van der Waals surface area contributed by atoms with Gasteiger partial charge in [-0.15, -0.1) is 0 Å². The average molecular weight is 364 g/mol. The average Bonchev–Trinajstić information content (AvgIpc) is 2.66. The minimum atomic E-state index is -0.901. The van der Waals surface area contributed by atoms with Crippen LogP contribution >= 0.6 is 0 Å². The van der Waals surface area contributed by atoms with Crippen molar-refractivity contribution in [1.29, 1.82) is 0 Å². The normalized spacial score (nSPS) is 11.0. The molecule has 0 unspecified atom stereocenters. The Morgan fingerprint density at radius 1 is 1.07 bits per heavy atom. The van der Waals surface area contributed by atoms with Gasteiger partial charge in [-0.05, 0) is 34.5 Å². The highest BCUT2D eigenvalue weighted by Crippen LogP contribution is 2.28. The van der Waals surface area contributed by atoms with E-state index < -0.39 is 22.1 Å². The number of nitrogens with one attached hydrogen (secondary N) is 1. The summed E-state index contributed by atoms with van der Waals surface area (Å²) < 4.78 is 18.8. The first-order chi connectivity index (χ1) is 13.0. The van der Waals surface area contributed by atoms with Crippen molar-refractivity contribution in [2.45, 2.75) is 6.54 Å². The molecule has 0 aliphatic rings. The van der Waals surface area contributed by atoms with Gasteiger partial charge in [0.2, 0.25) is 5.82 Å². The van der Waals surface area contributed by atoms with Gasteiger partial charge < -0.3 is 9.73 Å². The Morgan fingerprint density at radius 3 is 2.70 bits per heavy atom. The van der Waals surface area contributed by atoms with E-state index in [0.29, 0.717) is 16.8 Å². The molecule has 6 nitrogen and oxygen atoms in total. The number of nitro groups is 1. The summed E-state index contributed by atoms with van der Waals surface area (Å²) in [6.45, 7) is 0.221. The maximum Gasteiger partial charge on any atom is 0.336 e. The van der Waals surface area contributed by atoms with Gasteiger partial charge >= 0.3 is 11.3 Å². The van der Waals surface area contributed by atoms with E-state index in [0.717, 1.165) is 28.3 Å². The van der Waals surface area contributed by atoms with E-state index in [2.05, 4.69) is 5.32 Å². The zero-order chi connectivity index (χ0) is 19.0. The van der Waals surface area contributed by atoms with Crippen molar-refractivity contribution in [3.63, 3.8) is 0 Å². The Balaban J connectivity index is 1.78. The van der Waals surface area contributed by atoms with Crippen LogP contribution in [0, 0.1) is 15.9 Å². The third kappa shape index (κ3) is 3.10. The summed E-state index contributed by atoms with van der Waals surface area (Å²) in [5.41, 5.74) is 0.431. The molecule has 1 N–H and O–H groups in total. The molecule has 4 aromatic rings. The van der Waals surface area contributed by atoms with Crippen molar-refractivity contribution in [1.82, 2.24) is 0 Å². The van der Waals surface area contributed by atoms with E-state index in [1.54, 1.807) is 6.07 Å². The molecule has 3 aromatic carbocycles. The van der Waals surface area contributed by atoms with Gasteiger partial charge in [-0.1, -0.05) is 30.3 Å². The van der Waals surface area contributed by atoms with Gasteiger partial charge in [0.15, 0.2) is 0 Å². The monoisotopic (exact) mass is 364 g/mol. The van der Waals surface area contributed by atoms with Crippen LogP contribution in [0.3, 0.4) is 0 Å². The van der Waals surface area contributed by atoms with Gasteiger partial charge in [0.25, 0.3) is 0 Å². The van der Waals surface area contributed by atoms with Crippen molar-refractivity contribution in [3.8, 4) is 0 Å². The number of anilines is 1. The summed E-state index contributed by atoms with van der Waals surface area (Å²) >= 11 is 0. The third-order valence-electron chi connectivity index (χ3n) is 4.34. The molecule has 1 heterocycles. The highest BCUT2D eigenvalue weighted by Gasteiger charge is 2.15. The molecule has 0 fully saturated rings. The fraction of sp³-hybridized carbons (Fsp3) is 0.0500. The number of hydrogen-bond donors (Lipinski definition) is 1. The molecule has 1 aromatic heterocycles. The second-order valence-corrected chi connectivity index (χ2v) is 6.03. The van der Waals surface area contributed by atoms with Crippen molar-refractivity contribution < 1.29 is 13.7 Å². The zero-order valence-corrected chi connectivity index (χ0v) is 13.9. The predicted molar refractivity (Wildman–Crippen MR) is 100 cm³/mol. The fourth-order valence-electron chi connectivity index (χ4n) is 3.12. The quantitative estimate of drug-likeness (QED) is 0.247. The summed E-state index contributed by atoms with van der Waals surface area (Å²) in [4.78, 5) is 22.0. The maximum absolute atomic E-state index is 13.5. The molecular weight excluding hydrogens is 351 g/mol. The molecule has 0 atom stereocenters. The molecule has 134 valence electrons. The van der Waals surface area contributed by atoms with Gasteiger partial charge in [0.1, 0.15) is 5.58 Å². The lowest BCUT2D eigenvalue weighted by Crippen LogP contribution is -2.06. The van der Waals surface area contributed by atoms with E-state index >= 15 is 0 Å². The molecule has 7 heteroatoms. The molecule has 0 aliphatic heterocycles. The van der Waals surface area contributed by atoms with Crippen molar-refractivity contribution >= 4 is 33.1 Å². The minimum absolute atomic E-state index is 0.221. The highest BCUT2D eigenvalue weighted by molar-refractivity contribution is 6.07. The van der Waals surface area contributed by atoms with Crippen LogP contribution in [0.1, 0.15) is 5.56 Å². The molecule has 0 amide bonds. The number of halogens is 1. The van der Waals surface area contributed by atoms with Crippen LogP contribution in [0.2, 0.25) is 0 Å². The van der Waals surface area contributed by atoms with Crippen LogP contribution in [0.4, 0.5) is 15.8 Å². The molecule has 4 rings (SSSR count). The highest BCUT2D eigenvalue weighted by atomic mass is 19.1. The van der Waals surface area contributed by atoms with E-state index in [1.165, 1.54) is 12.1 Å². The Morgan fingerprint density at radius 2 is 1.89 bits per heavy atom. The van der Waals surface area contributed by atoms with Crippen molar-refractivity contribution in [2.75, 3.05) is 5.32 Å². The van der Waals surface area contributed by atoms with Crippen molar-refractivity contribution in [3.05, 3.63) is 92.6 Å². The first kappa shape index (κ1) is 16.7. The van der Waals surface area contributed by atoms with Crippen LogP contribution in [-0.4, -0.2) is 4.92 Å². The Labute approximate surface area is 152 Å². The smallest absolute Gasteiger partial charge is 0.336 e. The number of nitrogens with zero attached hydrogens (tertiary/aromatic N) is 1. The molecule has 0 bridgehead atoms. The number of nitro benzene ring substituents is 1. The first-order valence-corrected chi connectivity index (χ1v) is 8.15. The lowest BCUT2D eigenvalue weighted by Gasteiger charge is -2.11. The maximum atomic E-state index is 13.5. The molecule has 27 heavy (non-hydrogen) atoms. The van der Waals surface area contributed by atoms with Gasteiger partial charge in [-0.25, -0.2) is 4.79 Å². The second kappa shape index (κ2) is 6.53. The van der Waals surface area contributed by atoms with Crippen LogP contribution in [-0.2, 0) is 6.54 Å². The van der Waals surface area contributed by atoms with E-state index in [4.69, 9.17) is 4.42 Å². The van der Waals surface area contributed by atoms with Gasteiger partial charge in [-0.2, -0.15) is 4.39 Å². The lowest BCUT2D eigenvalue weighted by molar-refractivity contribution is -0.387. The van der Waals surface area contributed by atoms with Crippen molar-refractivity contribution in [2.24, 2.45) is 0 Å². The van der Waals surface area contributed by atoms with Crippen LogP contribution in [0.25, 0.3) is 21.7 Å². The molecular formula is C20H13FN2O4. The van der Waals surface area contributed by atoms with Crippen LogP contribution in [0.15, 0.2) is 69.9 Å². The Bertz CT molecular complexity index is 1250. The Kier molecular flexibility index (Phi) is 4.04. The van der Waals surface area contributed by atoms with Gasteiger partial charge in [-0.3, -0.25) is 10.1 Å². The largest absolute Gasteiger partial charge is 0.423 e. The molecule has 0 radical (unpaired) electrons. The van der Waals surface area contributed by atoms with E-state index in [1.807, 2.05) is 30.3 Å². The minimum Gasteiger partial charge on any atom is -0.423 e. The standard InChI is InChI=1S/C20H13FN2O4/c21-16-7-6-14(10-17(16)23(25)26)22-11-13-9-19(24)27-18-8-5-12-3-1-2-4-15(12)20(13)18/h1-10,22H,11H2. The summed E-state index contributed by atoms with van der Waals surface area (Å²) in [6, 6.07) is 16.3. The summed E-state index contributed by atoms with van der Waals surface area (Å²) in [6.07, 6.45) is 0. The number of fused-ring (bicyclic) bond motifs is 3. The molecule has 0 aliphatic carbocycles. The predicted octanol–water partition coefficient (Wildman–Crippen LogP) is 4.61. The number of rotatable bonds is 4. The fourth-order valence-corrected chi connectivity index (χ4v) is 3.12. The summed E-state index contributed by atoms with van der Waals surface area (Å²) in [5, 5.41) is 16.6. The molecule has 0 spiro atoms. The summed E-state index contributed by atoms with van der Waals surface area (Å²) in [5.74, 6) is -0.901. The van der Waals surface area contributed by atoms with Gasteiger partial charge in [0.05, 0.1) is 4.92 Å². The summed E-state index contributed by atoms with van der Waals surface area (Å²) in [7, 11) is 0. The van der Waals surface area contributed by atoms with Crippen LogP contribution in [0.5, 0.6) is 0 Å². The van der Waals surface area contributed by atoms with Gasteiger partial charge in [0, 0.05) is 29.8 Å². The number of benzene rings is 3. The molecule has 0 saturated carbocycles. The molecule has 0 saturated heterocycles. The van der Waals surface area contributed by atoms with E-state index in [-0.39, 0.29) is 6.54 Å². The first-order valence-electron chi connectivity index (χ1n) is 8.15. The number of hydrogen-bond acceptors (Lipinski definition) is 5. The van der Waals surface area contributed by atoms with E-state index in [9.17, 15) is 19.3 Å². The lowest BCUT2D eigenvalue weighted by atomic mass is 10.0. The zero-order valence-electron chi connectivity index (χ0n) is 13.9. The topological polar surface area (TPSA) is 85.4 Å².